The van der Waals surface area contributed by atoms with Gasteiger partial charge in [-0.05, 0) is 55.2 Å². The van der Waals surface area contributed by atoms with Crippen molar-refractivity contribution in [3.63, 3.8) is 0 Å². The summed E-state index contributed by atoms with van der Waals surface area (Å²) in [6.45, 7) is 2.45. The number of aliphatic hydroxyl groups excluding tert-OH is 1. The molecule has 0 aromatic heterocycles. The molecular weight excluding hydrogens is 364 g/mol. The number of hydrogen-bond acceptors (Lipinski definition) is 3. The molecule has 1 unspecified atom stereocenters. The van der Waals surface area contributed by atoms with Crippen LogP contribution in [0.3, 0.4) is 0 Å². The van der Waals surface area contributed by atoms with Crippen molar-refractivity contribution in [3.8, 4) is 11.1 Å². The van der Waals surface area contributed by atoms with Gasteiger partial charge in [0.25, 0.3) is 5.91 Å². The number of halogens is 1. The first-order valence-corrected chi connectivity index (χ1v) is 9.45. The van der Waals surface area contributed by atoms with Gasteiger partial charge >= 0.3 is 0 Å². The Labute approximate surface area is 163 Å². The molecule has 0 bridgehead atoms. The number of carbonyl (C=O) groups is 2. The fourth-order valence-corrected chi connectivity index (χ4v) is 3.51. The van der Waals surface area contributed by atoms with Crippen molar-refractivity contribution >= 4 is 29.1 Å². The van der Waals surface area contributed by atoms with E-state index in [1.54, 1.807) is 4.90 Å². The van der Waals surface area contributed by atoms with Gasteiger partial charge in [-0.25, -0.2) is 0 Å². The van der Waals surface area contributed by atoms with E-state index in [2.05, 4.69) is 5.32 Å². The van der Waals surface area contributed by atoms with Gasteiger partial charge in [0.05, 0.1) is 0 Å². The summed E-state index contributed by atoms with van der Waals surface area (Å²) in [5, 5.41) is 13.0. The van der Waals surface area contributed by atoms with E-state index in [1.165, 1.54) is 6.92 Å². The third-order valence-corrected chi connectivity index (χ3v) is 5.06. The summed E-state index contributed by atoms with van der Waals surface area (Å²) in [4.78, 5) is 26.0. The SMILES string of the molecule is CC(O)C(=O)N1CCC(C(=O)Nc2cccc(-c3cccc(Cl)c3)c2)CC1. The highest BCUT2D eigenvalue weighted by Gasteiger charge is 2.28. The number of amides is 2. The van der Waals surface area contributed by atoms with Gasteiger partial charge in [-0.1, -0.05) is 35.9 Å². The number of likely N-dealkylation sites (tertiary alicyclic amines) is 1. The molecule has 2 amide bonds. The first kappa shape index (κ1) is 19.4. The molecule has 1 heterocycles. The Bertz CT molecular complexity index is 830. The molecule has 0 spiro atoms. The van der Waals surface area contributed by atoms with E-state index in [1.807, 2.05) is 48.5 Å². The van der Waals surface area contributed by atoms with Crippen LogP contribution in [0.4, 0.5) is 5.69 Å². The zero-order valence-electron chi connectivity index (χ0n) is 15.2. The number of aliphatic hydroxyl groups is 1. The minimum atomic E-state index is -0.996. The van der Waals surface area contributed by atoms with Crippen LogP contribution in [0.2, 0.25) is 5.02 Å². The normalized spacial score (nSPS) is 16.0. The molecule has 142 valence electrons. The maximum Gasteiger partial charge on any atom is 0.251 e. The first-order valence-electron chi connectivity index (χ1n) is 9.08. The summed E-state index contributed by atoms with van der Waals surface area (Å²) in [6.07, 6.45) is 0.195. The minimum absolute atomic E-state index is 0.0395. The van der Waals surface area contributed by atoms with Crippen LogP contribution < -0.4 is 5.32 Å². The van der Waals surface area contributed by atoms with E-state index in [-0.39, 0.29) is 17.7 Å². The molecule has 0 radical (unpaired) electrons. The average molecular weight is 387 g/mol. The van der Waals surface area contributed by atoms with E-state index >= 15 is 0 Å². The van der Waals surface area contributed by atoms with Gasteiger partial charge in [0.2, 0.25) is 5.91 Å². The summed E-state index contributed by atoms with van der Waals surface area (Å²) in [5.41, 5.74) is 2.70. The predicted molar refractivity (Wildman–Crippen MR) is 107 cm³/mol. The second-order valence-electron chi connectivity index (χ2n) is 6.86. The summed E-state index contributed by atoms with van der Waals surface area (Å²) >= 11 is 6.06. The molecule has 1 aliphatic rings. The van der Waals surface area contributed by atoms with Gasteiger partial charge < -0.3 is 15.3 Å². The van der Waals surface area contributed by atoms with Crippen LogP contribution in [0.5, 0.6) is 0 Å². The maximum absolute atomic E-state index is 12.6. The van der Waals surface area contributed by atoms with Crippen molar-refractivity contribution in [3.05, 3.63) is 53.6 Å². The minimum Gasteiger partial charge on any atom is -0.384 e. The van der Waals surface area contributed by atoms with E-state index in [4.69, 9.17) is 11.6 Å². The number of rotatable bonds is 4. The van der Waals surface area contributed by atoms with Gasteiger partial charge in [0.1, 0.15) is 6.10 Å². The van der Waals surface area contributed by atoms with E-state index in [0.717, 1.165) is 16.8 Å². The zero-order valence-corrected chi connectivity index (χ0v) is 15.9. The van der Waals surface area contributed by atoms with Crippen LogP contribution in [-0.2, 0) is 9.59 Å². The molecule has 0 saturated carbocycles. The third-order valence-electron chi connectivity index (χ3n) is 4.82. The van der Waals surface area contributed by atoms with Crippen molar-refractivity contribution in [1.82, 2.24) is 4.90 Å². The van der Waals surface area contributed by atoms with Gasteiger partial charge in [-0.15, -0.1) is 0 Å². The second-order valence-corrected chi connectivity index (χ2v) is 7.29. The molecule has 2 aromatic rings. The number of carbonyl (C=O) groups excluding carboxylic acids is 2. The second kappa shape index (κ2) is 8.55. The fraction of sp³-hybridized carbons (Fsp3) is 0.333. The molecular formula is C21H23ClN2O3. The largest absolute Gasteiger partial charge is 0.384 e. The monoisotopic (exact) mass is 386 g/mol. The lowest BCUT2D eigenvalue weighted by molar-refractivity contribution is -0.141. The van der Waals surface area contributed by atoms with Crippen LogP contribution in [0.1, 0.15) is 19.8 Å². The molecule has 1 saturated heterocycles. The van der Waals surface area contributed by atoms with E-state index < -0.39 is 6.10 Å². The maximum atomic E-state index is 12.6. The topological polar surface area (TPSA) is 69.6 Å². The van der Waals surface area contributed by atoms with Crippen molar-refractivity contribution in [2.75, 3.05) is 18.4 Å². The van der Waals surface area contributed by atoms with Gasteiger partial charge in [0.15, 0.2) is 0 Å². The number of hydrogen-bond donors (Lipinski definition) is 2. The molecule has 1 fully saturated rings. The smallest absolute Gasteiger partial charge is 0.251 e. The van der Waals surface area contributed by atoms with Crippen molar-refractivity contribution in [2.45, 2.75) is 25.9 Å². The van der Waals surface area contributed by atoms with Crippen molar-refractivity contribution in [1.29, 1.82) is 0 Å². The highest BCUT2D eigenvalue weighted by Crippen LogP contribution is 2.26. The molecule has 2 aromatic carbocycles. The molecule has 3 rings (SSSR count). The molecule has 1 aliphatic heterocycles. The number of piperidine rings is 1. The molecule has 5 nitrogen and oxygen atoms in total. The lowest BCUT2D eigenvalue weighted by atomic mass is 9.95. The highest BCUT2D eigenvalue weighted by atomic mass is 35.5. The average Bonchev–Trinajstić information content (AvgIpc) is 2.67. The number of anilines is 1. The fourth-order valence-electron chi connectivity index (χ4n) is 3.32. The molecule has 27 heavy (non-hydrogen) atoms. The first-order chi connectivity index (χ1) is 12.9. The summed E-state index contributed by atoms with van der Waals surface area (Å²) in [5.74, 6) is -0.455. The Balaban J connectivity index is 1.62. The quantitative estimate of drug-likeness (QED) is 0.844. The van der Waals surface area contributed by atoms with Crippen LogP contribution >= 0.6 is 11.6 Å². The molecule has 0 aliphatic carbocycles. The lowest BCUT2D eigenvalue weighted by Gasteiger charge is -2.32. The Morgan fingerprint density at radius 3 is 2.37 bits per heavy atom. The van der Waals surface area contributed by atoms with Gasteiger partial charge in [0, 0.05) is 29.7 Å². The van der Waals surface area contributed by atoms with Crippen LogP contribution in [0, 0.1) is 5.92 Å². The standard InChI is InChI=1S/C21H23ClN2O3/c1-14(25)21(27)24-10-8-15(9-11-24)20(26)23-19-7-3-5-17(13-19)16-4-2-6-18(22)12-16/h2-7,12-15,25H,8-11H2,1H3,(H,23,26). The number of benzene rings is 2. The number of nitrogens with zero attached hydrogens (tertiary/aromatic N) is 1. The van der Waals surface area contributed by atoms with E-state index in [9.17, 15) is 14.7 Å². The lowest BCUT2D eigenvalue weighted by Crippen LogP contribution is -2.44. The summed E-state index contributed by atoms with van der Waals surface area (Å²) in [7, 11) is 0. The van der Waals surface area contributed by atoms with Crippen molar-refractivity contribution in [2.24, 2.45) is 5.92 Å². The van der Waals surface area contributed by atoms with Crippen molar-refractivity contribution < 1.29 is 14.7 Å². The van der Waals surface area contributed by atoms with Crippen LogP contribution in [0.15, 0.2) is 48.5 Å². The zero-order chi connectivity index (χ0) is 19.4. The Kier molecular flexibility index (Phi) is 6.14. The van der Waals surface area contributed by atoms with Gasteiger partial charge in [-0.2, -0.15) is 0 Å². The van der Waals surface area contributed by atoms with E-state index in [0.29, 0.717) is 31.0 Å². The van der Waals surface area contributed by atoms with Crippen LogP contribution in [0.25, 0.3) is 11.1 Å². The Morgan fingerprint density at radius 2 is 1.74 bits per heavy atom. The Hall–Kier alpha value is -2.37. The summed E-state index contributed by atoms with van der Waals surface area (Å²) in [6, 6.07) is 15.2. The molecule has 2 N–H and O–H groups in total. The highest BCUT2D eigenvalue weighted by molar-refractivity contribution is 6.30. The van der Waals surface area contributed by atoms with Crippen LogP contribution in [-0.4, -0.2) is 41.0 Å². The number of nitrogens with one attached hydrogen (secondary N) is 1. The molecule has 1 atom stereocenters. The molecule has 6 heteroatoms. The predicted octanol–water partition coefficient (Wildman–Crippen LogP) is 3.56. The van der Waals surface area contributed by atoms with Gasteiger partial charge in [-0.3, -0.25) is 9.59 Å². The summed E-state index contributed by atoms with van der Waals surface area (Å²) < 4.78 is 0. The Morgan fingerprint density at radius 1 is 1.11 bits per heavy atom. The third kappa shape index (κ3) is 4.87.